The van der Waals surface area contributed by atoms with Gasteiger partial charge in [-0.3, -0.25) is 9.59 Å². The molecule has 0 radical (unpaired) electrons. The second kappa shape index (κ2) is 4.80. The second-order valence-electron chi connectivity index (χ2n) is 9.40. The summed E-state index contributed by atoms with van der Waals surface area (Å²) in [5.74, 6) is -1.33. The molecule has 0 heterocycles. The minimum atomic E-state index is -2.07. The molecule has 0 spiro atoms. The van der Waals surface area contributed by atoms with Gasteiger partial charge in [-0.1, -0.05) is 13.8 Å². The van der Waals surface area contributed by atoms with Crippen LogP contribution in [-0.2, 0) is 9.59 Å². The molecule has 25 heavy (non-hydrogen) atoms. The van der Waals surface area contributed by atoms with E-state index in [9.17, 15) is 19.8 Å². The fraction of sp³-hybridized carbons (Fsp3) is 0.800. The fourth-order valence-electron chi connectivity index (χ4n) is 6.54. The second-order valence-corrected chi connectivity index (χ2v) is 9.40. The topological polar surface area (TPSA) is 74.6 Å². The molecule has 4 rings (SSSR count). The van der Waals surface area contributed by atoms with Gasteiger partial charge in [0.05, 0.1) is 11.7 Å². The Labute approximate surface area is 147 Å². The summed E-state index contributed by atoms with van der Waals surface area (Å²) in [6.45, 7) is 5.35. The summed E-state index contributed by atoms with van der Waals surface area (Å²) in [6.07, 6.45) is 2.31. The molecule has 7 atom stereocenters. The smallest absolute Gasteiger partial charge is 0.181 e. The number of ketones is 2. The van der Waals surface area contributed by atoms with Crippen LogP contribution in [0.15, 0.2) is 11.6 Å². The first-order valence-electron chi connectivity index (χ1n) is 9.35. The van der Waals surface area contributed by atoms with Crippen LogP contribution < -0.4 is 0 Å². The highest BCUT2D eigenvalue weighted by atomic mass is 19.1. The van der Waals surface area contributed by atoms with E-state index in [1.807, 2.05) is 6.92 Å². The van der Waals surface area contributed by atoms with Crippen LogP contribution >= 0.6 is 0 Å². The average molecular weight is 350 g/mol. The number of alkyl halides is 1. The molecule has 0 aromatic heterocycles. The Morgan fingerprint density at radius 3 is 2.52 bits per heavy atom. The molecule has 0 bridgehead atoms. The standard InChI is InChI=1S/C20H27FO4/c1-17-6-4-11(22)8-14(17)15(23)9-13-12-5-7-19(3,25)18(12,2)10-16(24)20(13,17)21/h8,12-13,15,23,25H,4-7,9-10H2,1-3H3/t12?,13?,15?,17?,18?,19-,20-/m1/s1. The minimum absolute atomic E-state index is 0.0184. The normalized spacial score (nSPS) is 55.3. The molecule has 4 aliphatic rings. The molecular formula is C20H27FO4. The molecule has 4 aliphatic carbocycles. The van der Waals surface area contributed by atoms with E-state index in [0.29, 0.717) is 18.4 Å². The van der Waals surface area contributed by atoms with E-state index in [-0.39, 0.29) is 37.4 Å². The number of aliphatic hydroxyl groups excluding tert-OH is 1. The number of rotatable bonds is 0. The number of hydrogen-bond donors (Lipinski definition) is 2. The Kier molecular flexibility index (Phi) is 3.33. The molecule has 0 aromatic rings. The molecule has 0 aromatic carbocycles. The van der Waals surface area contributed by atoms with E-state index >= 15 is 4.39 Å². The van der Waals surface area contributed by atoms with E-state index in [1.165, 1.54) is 6.08 Å². The number of fused-ring (bicyclic) bond motifs is 5. The van der Waals surface area contributed by atoms with Crippen molar-refractivity contribution in [3.63, 3.8) is 0 Å². The number of hydrogen-bond acceptors (Lipinski definition) is 4. The molecule has 2 N–H and O–H groups in total. The van der Waals surface area contributed by atoms with E-state index in [2.05, 4.69) is 0 Å². The van der Waals surface area contributed by atoms with Crippen molar-refractivity contribution in [1.82, 2.24) is 0 Å². The van der Waals surface area contributed by atoms with Crippen molar-refractivity contribution in [3.8, 4) is 0 Å². The lowest BCUT2D eigenvalue weighted by atomic mass is 9.44. The SMILES string of the molecule is CC12CC(=O)[C@]3(F)C(CC(O)C4=CC(=O)CCC43C)C1CC[C@@]2(C)O. The zero-order valence-corrected chi connectivity index (χ0v) is 15.1. The predicted octanol–water partition coefficient (Wildman–Crippen LogP) is 2.51. The van der Waals surface area contributed by atoms with Crippen LogP contribution in [0, 0.1) is 22.7 Å². The lowest BCUT2D eigenvalue weighted by Gasteiger charge is -2.61. The first-order valence-corrected chi connectivity index (χ1v) is 9.35. The van der Waals surface area contributed by atoms with Crippen molar-refractivity contribution in [3.05, 3.63) is 11.6 Å². The largest absolute Gasteiger partial charge is 0.390 e. The van der Waals surface area contributed by atoms with E-state index in [4.69, 9.17) is 0 Å². The van der Waals surface area contributed by atoms with Crippen molar-refractivity contribution >= 4 is 11.6 Å². The number of halogens is 1. The van der Waals surface area contributed by atoms with Gasteiger partial charge in [0.2, 0.25) is 0 Å². The molecule has 3 fully saturated rings. The van der Waals surface area contributed by atoms with Crippen molar-refractivity contribution in [2.24, 2.45) is 22.7 Å². The van der Waals surface area contributed by atoms with Crippen LogP contribution in [0.25, 0.3) is 0 Å². The van der Waals surface area contributed by atoms with Gasteiger partial charge in [0.25, 0.3) is 0 Å². The molecule has 5 unspecified atom stereocenters. The highest BCUT2D eigenvalue weighted by molar-refractivity contribution is 5.95. The minimum Gasteiger partial charge on any atom is -0.390 e. The van der Waals surface area contributed by atoms with Crippen LogP contribution in [-0.4, -0.2) is 39.2 Å². The van der Waals surface area contributed by atoms with Crippen LogP contribution in [0.5, 0.6) is 0 Å². The third kappa shape index (κ3) is 1.84. The van der Waals surface area contributed by atoms with Gasteiger partial charge in [0.15, 0.2) is 17.2 Å². The maximum atomic E-state index is 16.6. The quantitative estimate of drug-likeness (QED) is 0.704. The number of carbonyl (C=O) groups excluding carboxylic acids is 2. The van der Waals surface area contributed by atoms with Gasteiger partial charge in [0, 0.05) is 29.6 Å². The number of Topliss-reactive ketones (excluding diaryl/α,β-unsaturated/α-hetero) is 1. The molecule has 0 aliphatic heterocycles. The van der Waals surface area contributed by atoms with Gasteiger partial charge >= 0.3 is 0 Å². The van der Waals surface area contributed by atoms with Crippen LogP contribution in [0.2, 0.25) is 0 Å². The monoisotopic (exact) mass is 350 g/mol. The Balaban J connectivity index is 1.87. The Morgan fingerprint density at radius 1 is 1.16 bits per heavy atom. The molecular weight excluding hydrogens is 323 g/mol. The lowest BCUT2D eigenvalue weighted by molar-refractivity contribution is -0.190. The molecule has 138 valence electrons. The van der Waals surface area contributed by atoms with Crippen molar-refractivity contribution in [2.75, 3.05) is 0 Å². The van der Waals surface area contributed by atoms with E-state index < -0.39 is 39.9 Å². The van der Waals surface area contributed by atoms with Gasteiger partial charge in [-0.05, 0) is 50.2 Å². The van der Waals surface area contributed by atoms with Crippen molar-refractivity contribution in [2.45, 2.75) is 76.7 Å². The number of aliphatic hydroxyl groups is 2. The first-order chi connectivity index (χ1) is 11.5. The highest BCUT2D eigenvalue weighted by Gasteiger charge is 2.73. The first kappa shape index (κ1) is 17.3. The zero-order valence-electron chi connectivity index (χ0n) is 15.1. The molecule has 5 heteroatoms. The third-order valence-corrected chi connectivity index (χ3v) is 8.39. The Morgan fingerprint density at radius 2 is 1.84 bits per heavy atom. The maximum absolute atomic E-state index is 16.6. The van der Waals surface area contributed by atoms with Gasteiger partial charge in [-0.15, -0.1) is 0 Å². The third-order valence-electron chi connectivity index (χ3n) is 8.39. The van der Waals surface area contributed by atoms with Gasteiger partial charge in [-0.25, -0.2) is 4.39 Å². The average Bonchev–Trinajstić information content (AvgIpc) is 2.75. The van der Waals surface area contributed by atoms with Crippen molar-refractivity contribution < 1.29 is 24.2 Å². The van der Waals surface area contributed by atoms with E-state index in [0.717, 1.165) is 0 Å². The maximum Gasteiger partial charge on any atom is 0.181 e. The lowest BCUT2D eigenvalue weighted by Crippen LogP contribution is -2.68. The predicted molar refractivity (Wildman–Crippen MR) is 89.5 cm³/mol. The molecule has 3 saturated carbocycles. The van der Waals surface area contributed by atoms with Crippen LogP contribution in [0.3, 0.4) is 0 Å². The fourth-order valence-corrected chi connectivity index (χ4v) is 6.54. The van der Waals surface area contributed by atoms with E-state index in [1.54, 1.807) is 13.8 Å². The highest BCUT2D eigenvalue weighted by Crippen LogP contribution is 2.69. The Bertz CT molecular complexity index is 698. The molecule has 0 saturated heterocycles. The van der Waals surface area contributed by atoms with Crippen LogP contribution in [0.4, 0.5) is 4.39 Å². The summed E-state index contributed by atoms with van der Waals surface area (Å²) in [7, 11) is 0. The summed E-state index contributed by atoms with van der Waals surface area (Å²) in [5, 5.41) is 21.5. The van der Waals surface area contributed by atoms with Crippen LogP contribution in [0.1, 0.15) is 59.3 Å². The summed E-state index contributed by atoms with van der Waals surface area (Å²) in [6, 6.07) is 0. The summed E-state index contributed by atoms with van der Waals surface area (Å²) in [5.41, 5.74) is -4.46. The molecule has 0 amide bonds. The zero-order chi connectivity index (χ0) is 18.4. The number of carbonyl (C=O) groups is 2. The van der Waals surface area contributed by atoms with Crippen molar-refractivity contribution in [1.29, 1.82) is 0 Å². The van der Waals surface area contributed by atoms with Gasteiger partial charge < -0.3 is 10.2 Å². The summed E-state index contributed by atoms with van der Waals surface area (Å²) < 4.78 is 16.6. The van der Waals surface area contributed by atoms with Gasteiger partial charge in [0.1, 0.15) is 0 Å². The Hall–Kier alpha value is -1.07. The summed E-state index contributed by atoms with van der Waals surface area (Å²) in [4.78, 5) is 25.0. The van der Waals surface area contributed by atoms with Gasteiger partial charge in [-0.2, -0.15) is 0 Å². The summed E-state index contributed by atoms with van der Waals surface area (Å²) >= 11 is 0. The molecule has 4 nitrogen and oxygen atoms in total.